The number of terminal acetylenes is 1. The third-order valence-electron chi connectivity index (χ3n) is 9.05. The van der Waals surface area contributed by atoms with Crippen LogP contribution in [0.15, 0.2) is 30.5 Å². The predicted octanol–water partition coefficient (Wildman–Crippen LogP) is 5.67. The van der Waals surface area contributed by atoms with Crippen LogP contribution >= 0.6 is 0 Å². The number of pyridine rings is 1. The number of fused-ring (bicyclic) bond motifs is 4. The Morgan fingerprint density at radius 1 is 1.11 bits per heavy atom. The first-order valence-corrected chi connectivity index (χ1v) is 15.6. The second-order valence-corrected chi connectivity index (χ2v) is 12.6. The summed E-state index contributed by atoms with van der Waals surface area (Å²) in [6.45, 7) is 9.17. The second-order valence-electron chi connectivity index (χ2n) is 12.6. The lowest BCUT2D eigenvalue weighted by molar-refractivity contribution is 0.183. The van der Waals surface area contributed by atoms with Gasteiger partial charge in [-0.1, -0.05) is 25.8 Å². The summed E-state index contributed by atoms with van der Waals surface area (Å²) < 4.78 is 21.2. The van der Waals surface area contributed by atoms with Crippen LogP contribution in [0.25, 0.3) is 32.9 Å². The fraction of sp³-hybridized carbons (Fsp3) is 0.457. The quantitative estimate of drug-likeness (QED) is 0.264. The van der Waals surface area contributed by atoms with E-state index in [4.69, 9.17) is 26.1 Å². The minimum absolute atomic E-state index is 0.0610. The van der Waals surface area contributed by atoms with Crippen molar-refractivity contribution in [2.75, 3.05) is 45.2 Å². The summed E-state index contributed by atoms with van der Waals surface area (Å²) in [5.41, 5.74) is 3.81. The van der Waals surface area contributed by atoms with Gasteiger partial charge in [0.05, 0.1) is 12.2 Å². The van der Waals surface area contributed by atoms with Crippen LogP contribution in [0.4, 0.5) is 10.2 Å². The topological polar surface area (TPSA) is 86.6 Å². The van der Waals surface area contributed by atoms with Crippen LogP contribution in [0.2, 0.25) is 0 Å². The first-order chi connectivity index (χ1) is 21.2. The third kappa shape index (κ3) is 5.53. The lowest BCUT2D eigenvalue weighted by atomic mass is 9.92. The monoisotopic (exact) mass is 596 g/mol. The van der Waals surface area contributed by atoms with Crippen molar-refractivity contribution in [1.82, 2.24) is 25.2 Å². The molecule has 1 aliphatic carbocycles. The van der Waals surface area contributed by atoms with Crippen LogP contribution in [0, 0.1) is 30.5 Å². The van der Waals surface area contributed by atoms with Gasteiger partial charge in [-0.3, -0.25) is 4.98 Å². The van der Waals surface area contributed by atoms with Gasteiger partial charge in [0.2, 0.25) is 0 Å². The maximum absolute atomic E-state index is 14.8. The van der Waals surface area contributed by atoms with Gasteiger partial charge in [0.25, 0.3) is 0 Å². The Balaban J connectivity index is 0.00000168. The van der Waals surface area contributed by atoms with Gasteiger partial charge in [-0.25, -0.2) is 4.39 Å². The number of aromatic nitrogens is 3. The average molecular weight is 597 g/mol. The van der Waals surface area contributed by atoms with Crippen LogP contribution in [0.3, 0.4) is 0 Å². The molecule has 2 aromatic carbocycles. The number of nitrogens with zero attached hydrogens (tertiary/aromatic N) is 5. The molecule has 8 nitrogen and oxygen atoms in total. The summed E-state index contributed by atoms with van der Waals surface area (Å²) in [4.78, 5) is 19.3. The third-order valence-corrected chi connectivity index (χ3v) is 9.05. The van der Waals surface area contributed by atoms with Crippen molar-refractivity contribution in [3.05, 3.63) is 47.4 Å². The summed E-state index contributed by atoms with van der Waals surface area (Å²) in [6.07, 6.45) is 12.1. The van der Waals surface area contributed by atoms with Gasteiger partial charge in [-0.2, -0.15) is 9.97 Å². The van der Waals surface area contributed by atoms with Gasteiger partial charge in [0.15, 0.2) is 5.82 Å². The van der Waals surface area contributed by atoms with E-state index in [1.807, 2.05) is 20.8 Å². The van der Waals surface area contributed by atoms with Crippen molar-refractivity contribution in [2.24, 2.45) is 5.41 Å². The number of aromatic hydroxyl groups is 1. The van der Waals surface area contributed by atoms with Crippen LogP contribution < -0.4 is 15.0 Å². The molecule has 2 N–H and O–H groups in total. The highest BCUT2D eigenvalue weighted by atomic mass is 19.1. The van der Waals surface area contributed by atoms with E-state index in [1.54, 1.807) is 24.4 Å². The lowest BCUT2D eigenvalue weighted by Gasteiger charge is -2.34. The number of piperazine rings is 1. The molecule has 2 unspecified atom stereocenters. The first-order valence-electron chi connectivity index (χ1n) is 15.6. The number of aryl methyl sites for hydroxylation is 1. The fourth-order valence-electron chi connectivity index (χ4n) is 6.88. The molecule has 1 saturated carbocycles. The summed E-state index contributed by atoms with van der Waals surface area (Å²) in [5.74, 6) is 2.86. The zero-order valence-electron chi connectivity index (χ0n) is 26.2. The van der Waals surface area contributed by atoms with Gasteiger partial charge in [0, 0.05) is 54.3 Å². The predicted molar refractivity (Wildman–Crippen MR) is 174 cm³/mol. The molecule has 0 amide bonds. The highest BCUT2D eigenvalue weighted by Crippen LogP contribution is 2.46. The summed E-state index contributed by atoms with van der Waals surface area (Å²) >= 11 is 0. The van der Waals surface area contributed by atoms with Gasteiger partial charge >= 0.3 is 6.01 Å². The van der Waals surface area contributed by atoms with Gasteiger partial charge in [-0.15, -0.1) is 6.42 Å². The number of phenols is 1. The normalized spacial score (nSPS) is 20.0. The Kier molecular flexibility index (Phi) is 8.08. The number of halogens is 1. The molecule has 2 aliphatic heterocycles. The summed E-state index contributed by atoms with van der Waals surface area (Å²) in [5, 5.41) is 15.5. The first kappa shape index (κ1) is 30.0. The smallest absolute Gasteiger partial charge is 0.319 e. The molecule has 7 rings (SSSR count). The number of hydrogen-bond acceptors (Lipinski definition) is 8. The molecule has 3 aliphatic rings. The van der Waals surface area contributed by atoms with Crippen molar-refractivity contribution in [3.8, 4) is 35.2 Å². The molecule has 9 heteroatoms. The fourth-order valence-corrected chi connectivity index (χ4v) is 6.88. The number of ether oxygens (including phenoxy) is 1. The van der Waals surface area contributed by atoms with E-state index in [9.17, 15) is 9.50 Å². The molecular formula is C35H41FN6O2. The molecular weight excluding hydrogens is 555 g/mol. The van der Waals surface area contributed by atoms with Gasteiger partial charge in [-0.05, 0) is 81.4 Å². The van der Waals surface area contributed by atoms with Gasteiger partial charge in [0.1, 0.15) is 22.6 Å². The zero-order chi connectivity index (χ0) is 31.2. The highest BCUT2D eigenvalue weighted by Gasteiger charge is 2.44. The molecule has 2 saturated heterocycles. The Morgan fingerprint density at radius 2 is 1.84 bits per heavy atom. The van der Waals surface area contributed by atoms with E-state index in [0.717, 1.165) is 56.7 Å². The number of phenolic OH excluding ortho intramolecular Hbond substituents is 1. The number of nitrogens with one attached hydrogen (secondary N) is 1. The molecule has 2 atom stereocenters. The van der Waals surface area contributed by atoms with E-state index in [1.165, 1.54) is 6.07 Å². The summed E-state index contributed by atoms with van der Waals surface area (Å²) in [6, 6.07) is 7.35. The van der Waals surface area contributed by atoms with E-state index >= 15 is 0 Å². The molecule has 4 aromatic rings. The molecule has 44 heavy (non-hydrogen) atoms. The molecule has 4 heterocycles. The van der Waals surface area contributed by atoms with Crippen molar-refractivity contribution < 1.29 is 14.2 Å². The van der Waals surface area contributed by atoms with E-state index in [0.29, 0.717) is 57.6 Å². The van der Waals surface area contributed by atoms with Crippen molar-refractivity contribution in [2.45, 2.75) is 58.5 Å². The van der Waals surface area contributed by atoms with Crippen molar-refractivity contribution >= 4 is 27.6 Å². The molecule has 2 aromatic heterocycles. The van der Waals surface area contributed by atoms with Crippen LogP contribution in [-0.4, -0.2) is 77.4 Å². The minimum Gasteiger partial charge on any atom is -0.508 e. The van der Waals surface area contributed by atoms with E-state index in [-0.39, 0.29) is 16.7 Å². The maximum atomic E-state index is 14.8. The van der Waals surface area contributed by atoms with Crippen LogP contribution in [0.5, 0.6) is 11.8 Å². The van der Waals surface area contributed by atoms with Gasteiger partial charge < -0.3 is 25.0 Å². The highest BCUT2D eigenvalue weighted by molar-refractivity contribution is 6.04. The molecule has 0 spiro atoms. The number of rotatable bonds is 7. The number of benzene rings is 2. The average Bonchev–Trinajstić information content (AvgIpc) is 3.69. The second kappa shape index (κ2) is 11.8. The lowest BCUT2D eigenvalue weighted by Crippen LogP contribution is -2.51. The SMILES string of the molecule is C#Cc1c(F)ccc2cc(O)cc(-c3cnc4c(N5CC6CCC(C5)N6)nc(OCC5(CN(C)C)CC5)nc4c3C)c12.CC. The standard InChI is InChI=1S/C33H35FN6O2.C2H6/c1-5-24-27(34)9-6-20-12-23(41)13-25(28(20)24)26-14-35-30-29(19(26)2)37-32(42-18-33(10-11-33)17-39(3)4)38-31(30)40-15-21-7-8-22(16-40)36-21;1-2/h1,6,9,12-14,21-22,36,41H,7-8,10-11,15-18H2,2-4H3;1-2H3. The minimum atomic E-state index is -0.483. The number of hydrogen-bond donors (Lipinski definition) is 2. The van der Waals surface area contributed by atoms with Crippen LogP contribution in [0.1, 0.15) is 50.7 Å². The Labute approximate surface area is 258 Å². The summed E-state index contributed by atoms with van der Waals surface area (Å²) in [7, 11) is 4.17. The maximum Gasteiger partial charge on any atom is 0.319 e. The molecule has 3 fully saturated rings. The van der Waals surface area contributed by atoms with Crippen molar-refractivity contribution in [1.29, 1.82) is 0 Å². The number of anilines is 1. The van der Waals surface area contributed by atoms with Crippen LogP contribution in [-0.2, 0) is 0 Å². The Morgan fingerprint density at radius 3 is 2.50 bits per heavy atom. The van der Waals surface area contributed by atoms with E-state index < -0.39 is 5.82 Å². The van der Waals surface area contributed by atoms with Crippen molar-refractivity contribution in [3.63, 3.8) is 0 Å². The molecule has 0 radical (unpaired) electrons. The Bertz CT molecular complexity index is 1750. The zero-order valence-corrected chi connectivity index (χ0v) is 26.2. The largest absolute Gasteiger partial charge is 0.508 e. The molecule has 2 bridgehead atoms. The molecule has 230 valence electrons. The van der Waals surface area contributed by atoms with E-state index in [2.05, 4.69) is 35.1 Å². The Hall–Kier alpha value is -4.00.